The number of hydrogen-bond donors (Lipinski definition) is 1. The molecule has 0 aliphatic carbocycles. The van der Waals surface area contributed by atoms with E-state index >= 15 is 0 Å². The van der Waals surface area contributed by atoms with E-state index in [4.69, 9.17) is 4.55 Å². The molecule has 0 aromatic heterocycles. The van der Waals surface area contributed by atoms with E-state index in [1.165, 1.54) is 0 Å². The lowest BCUT2D eigenvalue weighted by atomic mass is 10.2. The smallest absolute Gasteiger partial charge is 0.301 e. The summed E-state index contributed by atoms with van der Waals surface area (Å²) in [6, 6.07) is 0. The molecule has 12 heteroatoms. The molecule has 1 N–H and O–H groups in total. The molecule has 0 aliphatic rings. The quantitative estimate of drug-likeness (QED) is 0.491. The molecular weight excluding hydrogens is 316 g/mol. The highest BCUT2D eigenvalue weighted by atomic mass is 35.5. The third-order valence-corrected chi connectivity index (χ3v) is 2.86. The summed E-state index contributed by atoms with van der Waals surface area (Å²) >= 11 is 3.07. The van der Waals surface area contributed by atoms with Crippen LogP contribution in [0.5, 0.6) is 0 Å². The van der Waals surface area contributed by atoms with E-state index in [9.17, 15) is 34.9 Å². The van der Waals surface area contributed by atoms with Crippen molar-refractivity contribution >= 4 is 34.3 Å². The Bertz CT molecular complexity index is 301. The summed E-state index contributed by atoms with van der Waals surface area (Å²) in [5.41, 5.74) is 0. The summed E-state index contributed by atoms with van der Waals surface area (Å²) in [5.74, 6) is -6.37. The molecule has 2 unspecified atom stereocenters. The van der Waals surface area contributed by atoms with E-state index in [0.29, 0.717) is 0 Å². The highest BCUT2D eigenvalue weighted by Crippen LogP contribution is 2.55. The second kappa shape index (κ2) is 4.14. The Morgan fingerprint density at radius 2 is 1.25 bits per heavy atom. The first-order valence-electron chi connectivity index (χ1n) is 3.00. The predicted octanol–water partition coefficient (Wildman–Crippen LogP) is 3.17. The molecule has 0 aromatic carbocycles. The molecule has 0 fully saturated rings. The predicted molar refractivity (Wildman–Crippen MR) is 41.2 cm³/mol. The average molecular weight is 317 g/mol. The minimum absolute atomic E-state index is 3.79. The van der Waals surface area contributed by atoms with Crippen molar-refractivity contribution in [3.8, 4) is 0 Å². The minimum atomic E-state index is -6.37. The van der Waals surface area contributed by atoms with Gasteiger partial charge < -0.3 is 4.55 Å². The normalized spacial score (nSPS) is 20.4. The first-order chi connectivity index (χ1) is 6.69. The summed E-state index contributed by atoms with van der Waals surface area (Å²) in [6.07, 6.45) is 0. The van der Waals surface area contributed by atoms with Gasteiger partial charge in [0.15, 0.2) is 0 Å². The molecule has 0 radical (unpaired) electrons. The highest BCUT2D eigenvalue weighted by Gasteiger charge is 2.80. The maximum absolute atomic E-state index is 12.6. The first kappa shape index (κ1) is 16.2. The van der Waals surface area contributed by atoms with Crippen LogP contribution in [0.4, 0.5) is 30.7 Å². The van der Waals surface area contributed by atoms with Crippen molar-refractivity contribution in [2.75, 3.05) is 0 Å². The Kier molecular flexibility index (Phi) is 4.19. The number of hydrogen-bond acceptors (Lipinski definition) is 1. The molecule has 0 heterocycles. The van der Waals surface area contributed by atoms with Crippen LogP contribution in [-0.2, 0) is 11.1 Å². The fourth-order valence-corrected chi connectivity index (χ4v) is 1.12. The van der Waals surface area contributed by atoms with E-state index in [1.54, 1.807) is 0 Å². The fourth-order valence-electron chi connectivity index (χ4n) is 0.470. The molecule has 0 rings (SSSR count). The van der Waals surface area contributed by atoms with E-state index in [2.05, 4.69) is 23.2 Å². The lowest BCUT2D eigenvalue weighted by Gasteiger charge is -2.33. The number of rotatable bonds is 4. The van der Waals surface area contributed by atoms with Crippen LogP contribution in [0.2, 0.25) is 0 Å². The van der Waals surface area contributed by atoms with Crippen LogP contribution < -0.4 is 0 Å². The van der Waals surface area contributed by atoms with Gasteiger partial charge in [0.25, 0.3) is 0 Å². The van der Waals surface area contributed by atoms with E-state index in [0.717, 1.165) is 0 Å². The third-order valence-electron chi connectivity index (χ3n) is 1.34. The Hall–Kier alpha value is 0.200. The second-order valence-electron chi connectivity index (χ2n) is 2.41. The second-order valence-corrected chi connectivity index (χ2v) is 4.42. The third kappa shape index (κ3) is 2.24. The van der Waals surface area contributed by atoms with Gasteiger partial charge in [0, 0.05) is 0 Å². The average Bonchev–Trinajstić information content (AvgIpc) is 2.00. The summed E-state index contributed by atoms with van der Waals surface area (Å²) in [6.45, 7) is 0. The van der Waals surface area contributed by atoms with Crippen molar-refractivity contribution in [1.82, 2.24) is 0 Å². The van der Waals surface area contributed by atoms with Crippen LogP contribution in [-0.4, -0.2) is 30.4 Å². The van der Waals surface area contributed by atoms with E-state index < -0.39 is 32.8 Å². The molecular formula is C4HCl2F7O2S. The van der Waals surface area contributed by atoms with Gasteiger partial charge in [0.1, 0.15) is 0 Å². The summed E-state index contributed by atoms with van der Waals surface area (Å²) < 4.78 is 104. The van der Waals surface area contributed by atoms with Crippen LogP contribution >= 0.6 is 23.2 Å². The van der Waals surface area contributed by atoms with Gasteiger partial charge in [-0.25, -0.2) is 8.60 Å². The Labute approximate surface area is 96.0 Å². The Morgan fingerprint density at radius 3 is 1.44 bits per heavy atom. The van der Waals surface area contributed by atoms with Gasteiger partial charge in [-0.15, -0.1) is 0 Å². The molecule has 0 saturated carbocycles. The molecule has 0 amide bonds. The zero-order valence-electron chi connectivity index (χ0n) is 6.67. The van der Waals surface area contributed by atoms with Gasteiger partial charge >= 0.3 is 21.7 Å². The largest absolute Gasteiger partial charge is 0.411 e. The van der Waals surface area contributed by atoms with Crippen LogP contribution in [0, 0.1) is 0 Å². The van der Waals surface area contributed by atoms with Gasteiger partial charge in [-0.3, -0.25) is 0 Å². The summed E-state index contributed by atoms with van der Waals surface area (Å²) in [5, 5.41) is -17.4. The maximum Gasteiger partial charge on any atom is 0.411 e. The molecule has 0 aliphatic heterocycles. The molecule has 0 spiro atoms. The number of halogens is 9. The fraction of sp³-hybridized carbons (Fsp3) is 1.00. The van der Waals surface area contributed by atoms with Crippen molar-refractivity contribution in [2.24, 2.45) is 0 Å². The molecule has 0 bridgehead atoms. The molecule has 2 atom stereocenters. The van der Waals surface area contributed by atoms with Crippen LogP contribution in [0.3, 0.4) is 0 Å². The molecule has 98 valence electrons. The summed E-state index contributed by atoms with van der Waals surface area (Å²) in [7, 11) is 0. The Morgan fingerprint density at radius 1 is 0.938 bits per heavy atom. The van der Waals surface area contributed by atoms with Crippen LogP contribution in [0.1, 0.15) is 0 Å². The molecule has 2 nitrogen and oxygen atoms in total. The van der Waals surface area contributed by atoms with Crippen molar-refractivity contribution < 1.29 is 39.5 Å². The Balaban J connectivity index is 5.62. The molecule has 0 aromatic rings. The SMILES string of the molecule is O=S(O)C(F)(F)C(F)(F)C(F)(Cl)C(F)(F)Cl. The van der Waals surface area contributed by atoms with Crippen molar-refractivity contribution in [2.45, 2.75) is 21.7 Å². The van der Waals surface area contributed by atoms with Gasteiger partial charge in [-0.05, 0) is 11.6 Å². The highest BCUT2D eigenvalue weighted by molar-refractivity contribution is 7.80. The molecule has 16 heavy (non-hydrogen) atoms. The van der Waals surface area contributed by atoms with Gasteiger partial charge in [0.05, 0.1) is 0 Å². The zero-order chi connectivity index (χ0) is 13.6. The van der Waals surface area contributed by atoms with Crippen LogP contribution in [0.15, 0.2) is 0 Å². The van der Waals surface area contributed by atoms with E-state index in [1.807, 2.05) is 0 Å². The minimum Gasteiger partial charge on any atom is -0.301 e. The summed E-state index contributed by atoms with van der Waals surface area (Å²) in [4.78, 5) is 0. The lowest BCUT2D eigenvalue weighted by molar-refractivity contribution is -0.245. The topological polar surface area (TPSA) is 37.3 Å². The van der Waals surface area contributed by atoms with Crippen LogP contribution in [0.25, 0.3) is 0 Å². The van der Waals surface area contributed by atoms with Crippen molar-refractivity contribution in [1.29, 1.82) is 0 Å². The maximum atomic E-state index is 12.6. The monoisotopic (exact) mass is 316 g/mol. The molecule has 0 saturated heterocycles. The van der Waals surface area contributed by atoms with Gasteiger partial charge in [-0.2, -0.15) is 26.3 Å². The first-order valence-corrected chi connectivity index (χ1v) is 4.87. The van der Waals surface area contributed by atoms with Crippen molar-refractivity contribution in [3.63, 3.8) is 0 Å². The zero-order valence-corrected chi connectivity index (χ0v) is 8.99. The standard InChI is InChI=1S/C4HCl2F7O2S/c5-1(7,3(6,10)11)2(8,9)4(12,13)16(14)15/h(H,14,15). The lowest BCUT2D eigenvalue weighted by Crippen LogP contribution is -2.61. The van der Waals surface area contributed by atoms with Crippen molar-refractivity contribution in [3.05, 3.63) is 0 Å². The number of alkyl halides is 9. The van der Waals surface area contributed by atoms with Gasteiger partial charge in [0.2, 0.25) is 11.1 Å². The van der Waals surface area contributed by atoms with Gasteiger partial charge in [-0.1, -0.05) is 11.6 Å². The van der Waals surface area contributed by atoms with E-state index in [-0.39, 0.29) is 0 Å².